The molecule has 0 unspecified atom stereocenters. The van der Waals surface area contributed by atoms with Gasteiger partial charge in [0.1, 0.15) is 11.5 Å². The standard InChI is InChI=1S/C17H19NO3/c1-10(2)12-5-4-6-13(8-12)21-14-7-11(3)16(18)15(9-14)17(19)20/h4-10H,18H2,1-3H3,(H,19,20). The van der Waals surface area contributed by atoms with Crippen molar-refractivity contribution in [1.29, 1.82) is 0 Å². The molecule has 0 radical (unpaired) electrons. The van der Waals surface area contributed by atoms with E-state index in [0.717, 1.165) is 5.56 Å². The Bertz CT molecular complexity index is 678. The zero-order valence-corrected chi connectivity index (χ0v) is 12.4. The molecular formula is C17H19NO3. The number of carbonyl (C=O) groups is 1. The van der Waals surface area contributed by atoms with Gasteiger partial charge in [-0.1, -0.05) is 26.0 Å². The average Bonchev–Trinajstić information content (AvgIpc) is 2.42. The fraction of sp³-hybridized carbons (Fsp3) is 0.235. The molecule has 21 heavy (non-hydrogen) atoms. The number of aryl methyl sites for hydroxylation is 1. The molecule has 0 bridgehead atoms. The molecule has 0 aromatic heterocycles. The summed E-state index contributed by atoms with van der Waals surface area (Å²) >= 11 is 0. The van der Waals surface area contributed by atoms with E-state index in [0.29, 0.717) is 23.0 Å². The monoisotopic (exact) mass is 285 g/mol. The van der Waals surface area contributed by atoms with Crippen LogP contribution in [-0.2, 0) is 0 Å². The van der Waals surface area contributed by atoms with Crippen molar-refractivity contribution >= 4 is 11.7 Å². The van der Waals surface area contributed by atoms with E-state index in [4.69, 9.17) is 15.6 Å². The Kier molecular flexibility index (Phi) is 4.17. The molecule has 0 atom stereocenters. The van der Waals surface area contributed by atoms with Crippen LogP contribution in [0.5, 0.6) is 11.5 Å². The van der Waals surface area contributed by atoms with Crippen molar-refractivity contribution in [3.05, 3.63) is 53.1 Å². The summed E-state index contributed by atoms with van der Waals surface area (Å²) < 4.78 is 5.78. The van der Waals surface area contributed by atoms with E-state index in [9.17, 15) is 4.79 Å². The molecule has 0 saturated heterocycles. The van der Waals surface area contributed by atoms with Gasteiger partial charge in [0.05, 0.1) is 5.56 Å². The van der Waals surface area contributed by atoms with Crippen LogP contribution in [0.1, 0.15) is 41.3 Å². The third-order valence-electron chi connectivity index (χ3n) is 3.35. The number of nitrogens with two attached hydrogens (primary N) is 1. The van der Waals surface area contributed by atoms with Gasteiger partial charge < -0.3 is 15.6 Å². The predicted molar refractivity (Wildman–Crippen MR) is 83.2 cm³/mol. The SMILES string of the molecule is Cc1cc(Oc2cccc(C(C)C)c2)cc(C(=O)O)c1N. The van der Waals surface area contributed by atoms with Gasteiger partial charge in [0.15, 0.2) is 0 Å². The second-order valence-electron chi connectivity index (χ2n) is 5.34. The molecule has 0 amide bonds. The van der Waals surface area contributed by atoms with Crippen molar-refractivity contribution in [2.45, 2.75) is 26.7 Å². The number of rotatable bonds is 4. The van der Waals surface area contributed by atoms with Gasteiger partial charge in [-0.05, 0) is 48.2 Å². The summed E-state index contributed by atoms with van der Waals surface area (Å²) in [6.07, 6.45) is 0. The first-order chi connectivity index (χ1) is 9.88. The molecular weight excluding hydrogens is 266 g/mol. The lowest BCUT2D eigenvalue weighted by Gasteiger charge is -2.12. The molecule has 0 aliphatic carbocycles. The average molecular weight is 285 g/mol. The molecule has 0 aliphatic heterocycles. The van der Waals surface area contributed by atoms with Gasteiger partial charge in [-0.15, -0.1) is 0 Å². The number of ether oxygens (including phenoxy) is 1. The van der Waals surface area contributed by atoms with Crippen molar-refractivity contribution in [2.24, 2.45) is 0 Å². The first-order valence-corrected chi connectivity index (χ1v) is 6.79. The third kappa shape index (κ3) is 3.34. The lowest BCUT2D eigenvalue weighted by atomic mass is 10.0. The Hall–Kier alpha value is -2.49. The first kappa shape index (κ1) is 14.9. The smallest absolute Gasteiger partial charge is 0.337 e. The zero-order valence-electron chi connectivity index (χ0n) is 12.4. The quantitative estimate of drug-likeness (QED) is 0.826. The minimum Gasteiger partial charge on any atom is -0.478 e. The summed E-state index contributed by atoms with van der Waals surface area (Å²) in [7, 11) is 0. The second-order valence-corrected chi connectivity index (χ2v) is 5.34. The van der Waals surface area contributed by atoms with Gasteiger partial charge in [0, 0.05) is 5.69 Å². The maximum atomic E-state index is 11.2. The van der Waals surface area contributed by atoms with Crippen LogP contribution in [0.3, 0.4) is 0 Å². The number of hydrogen-bond donors (Lipinski definition) is 2. The number of benzene rings is 2. The predicted octanol–water partition coefficient (Wildman–Crippen LogP) is 4.19. The van der Waals surface area contributed by atoms with E-state index >= 15 is 0 Å². The van der Waals surface area contributed by atoms with Crippen LogP contribution >= 0.6 is 0 Å². The fourth-order valence-electron chi connectivity index (χ4n) is 2.07. The van der Waals surface area contributed by atoms with E-state index in [1.54, 1.807) is 13.0 Å². The number of hydrogen-bond acceptors (Lipinski definition) is 3. The van der Waals surface area contributed by atoms with Crippen LogP contribution in [0, 0.1) is 6.92 Å². The molecule has 2 aromatic rings. The molecule has 110 valence electrons. The maximum absolute atomic E-state index is 11.2. The number of carboxylic acid groups (broad SMARTS) is 1. The van der Waals surface area contributed by atoms with Gasteiger partial charge in [0.2, 0.25) is 0 Å². The number of carboxylic acids is 1. The molecule has 2 aromatic carbocycles. The minimum atomic E-state index is -1.06. The van der Waals surface area contributed by atoms with Gasteiger partial charge >= 0.3 is 5.97 Å². The Labute approximate surface area is 124 Å². The molecule has 0 heterocycles. The van der Waals surface area contributed by atoms with E-state index in [1.807, 2.05) is 24.3 Å². The van der Waals surface area contributed by atoms with E-state index < -0.39 is 5.97 Å². The highest BCUT2D eigenvalue weighted by atomic mass is 16.5. The van der Waals surface area contributed by atoms with Crippen LogP contribution in [-0.4, -0.2) is 11.1 Å². The van der Waals surface area contributed by atoms with Crippen molar-refractivity contribution in [2.75, 3.05) is 5.73 Å². The van der Waals surface area contributed by atoms with E-state index in [2.05, 4.69) is 13.8 Å². The topological polar surface area (TPSA) is 72.5 Å². The molecule has 2 rings (SSSR count). The summed E-state index contributed by atoms with van der Waals surface area (Å²) in [6.45, 7) is 5.98. The van der Waals surface area contributed by atoms with Gasteiger partial charge in [-0.3, -0.25) is 0 Å². The molecule has 0 saturated carbocycles. The summed E-state index contributed by atoms with van der Waals surface area (Å²) in [6, 6.07) is 11.0. The summed E-state index contributed by atoms with van der Waals surface area (Å²) in [5.74, 6) is 0.495. The van der Waals surface area contributed by atoms with Crippen LogP contribution in [0.15, 0.2) is 36.4 Å². The first-order valence-electron chi connectivity index (χ1n) is 6.79. The Balaban J connectivity index is 2.36. The molecule has 3 N–H and O–H groups in total. The molecule has 4 heteroatoms. The summed E-state index contributed by atoms with van der Waals surface area (Å²) in [4.78, 5) is 11.2. The molecule has 0 fully saturated rings. The lowest BCUT2D eigenvalue weighted by Crippen LogP contribution is -2.04. The minimum absolute atomic E-state index is 0.0602. The molecule has 4 nitrogen and oxygen atoms in total. The van der Waals surface area contributed by atoms with Crippen molar-refractivity contribution in [1.82, 2.24) is 0 Å². The Morgan fingerprint density at radius 1 is 1.19 bits per heavy atom. The van der Waals surface area contributed by atoms with Crippen molar-refractivity contribution in [3.63, 3.8) is 0 Å². The highest BCUT2D eigenvalue weighted by Gasteiger charge is 2.13. The van der Waals surface area contributed by atoms with Gasteiger partial charge in [-0.2, -0.15) is 0 Å². The molecule has 0 aliphatic rings. The Morgan fingerprint density at radius 3 is 2.52 bits per heavy atom. The summed E-state index contributed by atoms with van der Waals surface area (Å²) in [5, 5.41) is 9.16. The number of nitrogen functional groups attached to an aromatic ring is 1. The highest BCUT2D eigenvalue weighted by molar-refractivity contribution is 5.95. The highest BCUT2D eigenvalue weighted by Crippen LogP contribution is 2.29. The number of anilines is 1. The van der Waals surface area contributed by atoms with E-state index in [1.165, 1.54) is 6.07 Å². The van der Waals surface area contributed by atoms with Gasteiger partial charge in [0.25, 0.3) is 0 Å². The van der Waals surface area contributed by atoms with Crippen LogP contribution in [0.4, 0.5) is 5.69 Å². The van der Waals surface area contributed by atoms with Crippen molar-refractivity contribution in [3.8, 4) is 11.5 Å². The van der Waals surface area contributed by atoms with Gasteiger partial charge in [-0.25, -0.2) is 4.79 Å². The normalized spacial score (nSPS) is 10.7. The summed E-state index contributed by atoms with van der Waals surface area (Å²) in [5.41, 5.74) is 7.95. The van der Waals surface area contributed by atoms with Crippen molar-refractivity contribution < 1.29 is 14.6 Å². The Morgan fingerprint density at radius 2 is 1.90 bits per heavy atom. The fourth-order valence-corrected chi connectivity index (χ4v) is 2.07. The lowest BCUT2D eigenvalue weighted by molar-refractivity contribution is 0.0697. The molecule has 0 spiro atoms. The maximum Gasteiger partial charge on any atom is 0.337 e. The van der Waals surface area contributed by atoms with Crippen LogP contribution in [0.25, 0.3) is 0 Å². The second kappa shape index (κ2) is 5.87. The van der Waals surface area contributed by atoms with Crippen LogP contribution in [0.2, 0.25) is 0 Å². The number of aromatic carboxylic acids is 1. The third-order valence-corrected chi connectivity index (χ3v) is 3.35. The van der Waals surface area contributed by atoms with Crippen LogP contribution < -0.4 is 10.5 Å². The van der Waals surface area contributed by atoms with E-state index in [-0.39, 0.29) is 11.3 Å². The largest absolute Gasteiger partial charge is 0.478 e. The zero-order chi connectivity index (χ0) is 15.6.